The first kappa shape index (κ1) is 20.4. The van der Waals surface area contributed by atoms with E-state index in [1.165, 1.54) is 11.1 Å². The highest BCUT2D eigenvalue weighted by Crippen LogP contribution is 2.39. The molecule has 0 aliphatic carbocycles. The molecule has 0 unspecified atom stereocenters. The highest BCUT2D eigenvalue weighted by Gasteiger charge is 2.33. The number of hydrogen-bond donors (Lipinski definition) is 2. The SMILES string of the molecule is CC[C@H](CO)NCCC(=O)N1CCc2ccccc2[C@H]1c1ccccc1OC. The fraction of sp³-hybridized carbons (Fsp3) is 0.435. The summed E-state index contributed by atoms with van der Waals surface area (Å²) >= 11 is 0. The lowest BCUT2D eigenvalue weighted by molar-refractivity contribution is -0.133. The molecule has 0 saturated heterocycles. The fourth-order valence-electron chi connectivity index (χ4n) is 3.93. The van der Waals surface area contributed by atoms with Gasteiger partial charge in [0.05, 0.1) is 19.8 Å². The maximum absolute atomic E-state index is 13.1. The molecule has 150 valence electrons. The lowest BCUT2D eigenvalue weighted by atomic mass is 9.87. The van der Waals surface area contributed by atoms with E-state index >= 15 is 0 Å². The van der Waals surface area contributed by atoms with E-state index in [4.69, 9.17) is 4.74 Å². The van der Waals surface area contributed by atoms with Crippen molar-refractivity contribution in [3.05, 3.63) is 65.2 Å². The molecule has 28 heavy (non-hydrogen) atoms. The molecule has 1 heterocycles. The molecule has 0 bridgehead atoms. The number of ether oxygens (including phenoxy) is 1. The number of aliphatic hydroxyl groups excluding tert-OH is 1. The normalized spacial score (nSPS) is 17.1. The Labute approximate surface area is 167 Å². The van der Waals surface area contributed by atoms with Crippen molar-refractivity contribution in [2.45, 2.75) is 38.3 Å². The van der Waals surface area contributed by atoms with Crippen LogP contribution in [-0.2, 0) is 11.2 Å². The molecule has 1 amide bonds. The molecular formula is C23H30N2O3. The van der Waals surface area contributed by atoms with E-state index in [0.717, 1.165) is 24.2 Å². The van der Waals surface area contributed by atoms with Gasteiger partial charge in [-0.05, 0) is 30.0 Å². The summed E-state index contributed by atoms with van der Waals surface area (Å²) in [4.78, 5) is 15.1. The fourth-order valence-corrected chi connectivity index (χ4v) is 3.93. The molecule has 3 rings (SSSR count). The van der Waals surface area contributed by atoms with Crippen LogP contribution in [0.3, 0.4) is 0 Å². The molecule has 2 N–H and O–H groups in total. The molecule has 1 aliphatic rings. The summed E-state index contributed by atoms with van der Waals surface area (Å²) in [7, 11) is 1.67. The number of nitrogens with one attached hydrogen (secondary N) is 1. The van der Waals surface area contributed by atoms with Crippen LogP contribution >= 0.6 is 0 Å². The Morgan fingerprint density at radius 2 is 1.93 bits per heavy atom. The number of carbonyl (C=O) groups is 1. The predicted molar refractivity (Wildman–Crippen MR) is 110 cm³/mol. The van der Waals surface area contributed by atoms with Crippen molar-refractivity contribution in [3.63, 3.8) is 0 Å². The van der Waals surface area contributed by atoms with Crippen LogP contribution in [-0.4, -0.2) is 48.8 Å². The average molecular weight is 383 g/mol. The number of nitrogens with zero attached hydrogens (tertiary/aromatic N) is 1. The van der Waals surface area contributed by atoms with Crippen molar-refractivity contribution in [1.82, 2.24) is 10.2 Å². The van der Waals surface area contributed by atoms with Gasteiger partial charge in [0, 0.05) is 31.1 Å². The Morgan fingerprint density at radius 3 is 2.64 bits per heavy atom. The monoisotopic (exact) mass is 382 g/mol. The first-order chi connectivity index (χ1) is 13.7. The second-order valence-corrected chi connectivity index (χ2v) is 7.17. The maximum atomic E-state index is 13.1. The van der Waals surface area contributed by atoms with Gasteiger partial charge >= 0.3 is 0 Å². The molecular weight excluding hydrogens is 352 g/mol. The van der Waals surface area contributed by atoms with E-state index in [-0.39, 0.29) is 24.6 Å². The first-order valence-corrected chi connectivity index (χ1v) is 10.0. The van der Waals surface area contributed by atoms with Crippen molar-refractivity contribution < 1.29 is 14.6 Å². The molecule has 2 atom stereocenters. The van der Waals surface area contributed by atoms with Crippen LogP contribution in [0.25, 0.3) is 0 Å². The van der Waals surface area contributed by atoms with Gasteiger partial charge in [-0.2, -0.15) is 0 Å². The van der Waals surface area contributed by atoms with Crippen molar-refractivity contribution in [2.75, 3.05) is 26.8 Å². The van der Waals surface area contributed by atoms with Crippen molar-refractivity contribution in [3.8, 4) is 5.75 Å². The quantitative estimate of drug-likeness (QED) is 0.737. The number of hydrogen-bond acceptors (Lipinski definition) is 4. The number of fused-ring (bicyclic) bond motifs is 1. The Balaban J connectivity index is 1.86. The summed E-state index contributed by atoms with van der Waals surface area (Å²) in [6, 6.07) is 16.2. The van der Waals surface area contributed by atoms with Crippen LogP contribution in [0, 0.1) is 0 Å². The van der Waals surface area contributed by atoms with Gasteiger partial charge in [-0.25, -0.2) is 0 Å². The molecule has 2 aromatic carbocycles. The summed E-state index contributed by atoms with van der Waals surface area (Å²) in [5.41, 5.74) is 3.47. The average Bonchev–Trinajstić information content (AvgIpc) is 2.75. The summed E-state index contributed by atoms with van der Waals surface area (Å²) in [5.74, 6) is 0.914. The molecule has 0 spiro atoms. The van der Waals surface area contributed by atoms with Crippen LogP contribution in [0.15, 0.2) is 48.5 Å². The molecule has 5 nitrogen and oxygen atoms in total. The summed E-state index contributed by atoms with van der Waals surface area (Å²) in [6.45, 7) is 3.37. The van der Waals surface area contributed by atoms with Crippen LogP contribution in [0.5, 0.6) is 5.75 Å². The molecule has 5 heteroatoms. The minimum absolute atomic E-state index is 0.0416. The minimum atomic E-state index is -0.145. The summed E-state index contributed by atoms with van der Waals surface area (Å²) in [5, 5.41) is 12.6. The molecule has 0 fully saturated rings. The molecule has 0 saturated carbocycles. The highest BCUT2D eigenvalue weighted by molar-refractivity contribution is 5.78. The van der Waals surface area contributed by atoms with Crippen LogP contribution in [0.1, 0.15) is 42.5 Å². The maximum Gasteiger partial charge on any atom is 0.224 e. The van der Waals surface area contributed by atoms with Crippen molar-refractivity contribution >= 4 is 5.91 Å². The Kier molecular flexibility index (Phi) is 7.06. The highest BCUT2D eigenvalue weighted by atomic mass is 16.5. The number of amides is 1. The molecule has 1 aliphatic heterocycles. The number of carbonyl (C=O) groups excluding carboxylic acids is 1. The second kappa shape index (κ2) is 9.71. The van der Waals surface area contributed by atoms with Crippen LogP contribution < -0.4 is 10.1 Å². The van der Waals surface area contributed by atoms with Gasteiger partial charge in [0.15, 0.2) is 0 Å². The lowest BCUT2D eigenvalue weighted by Crippen LogP contribution is -2.42. The molecule has 2 aromatic rings. The zero-order chi connectivity index (χ0) is 19.9. The lowest BCUT2D eigenvalue weighted by Gasteiger charge is -2.38. The zero-order valence-corrected chi connectivity index (χ0v) is 16.7. The van der Waals surface area contributed by atoms with Crippen LogP contribution in [0.4, 0.5) is 0 Å². The van der Waals surface area contributed by atoms with Crippen molar-refractivity contribution in [1.29, 1.82) is 0 Å². The van der Waals surface area contributed by atoms with Gasteiger partial charge in [-0.1, -0.05) is 49.4 Å². The third kappa shape index (κ3) is 4.37. The van der Waals surface area contributed by atoms with E-state index in [1.807, 2.05) is 42.2 Å². The largest absolute Gasteiger partial charge is 0.496 e. The van der Waals surface area contributed by atoms with E-state index in [2.05, 4.69) is 23.5 Å². The van der Waals surface area contributed by atoms with Gasteiger partial charge in [-0.15, -0.1) is 0 Å². The third-order valence-electron chi connectivity index (χ3n) is 5.52. The Bertz CT molecular complexity index is 789. The third-order valence-corrected chi connectivity index (χ3v) is 5.52. The van der Waals surface area contributed by atoms with E-state index in [9.17, 15) is 9.90 Å². The molecule has 0 aromatic heterocycles. The topological polar surface area (TPSA) is 61.8 Å². The van der Waals surface area contributed by atoms with Gasteiger partial charge in [0.1, 0.15) is 5.75 Å². The second-order valence-electron chi connectivity index (χ2n) is 7.17. The summed E-state index contributed by atoms with van der Waals surface area (Å²) in [6.07, 6.45) is 2.10. The standard InChI is InChI=1S/C23H30N2O3/c1-3-18(16-26)24-14-12-22(27)25-15-13-17-8-4-5-9-19(17)23(25)20-10-6-7-11-21(20)28-2/h4-11,18,23-24,26H,3,12-16H2,1-2H3/t18-,23+/m1/s1. The van der Waals surface area contributed by atoms with E-state index in [1.54, 1.807) is 7.11 Å². The smallest absolute Gasteiger partial charge is 0.224 e. The summed E-state index contributed by atoms with van der Waals surface area (Å²) < 4.78 is 5.61. The van der Waals surface area contributed by atoms with Crippen LogP contribution in [0.2, 0.25) is 0 Å². The number of para-hydroxylation sites is 1. The van der Waals surface area contributed by atoms with Gasteiger partial charge < -0.3 is 20.1 Å². The van der Waals surface area contributed by atoms with E-state index < -0.39 is 0 Å². The predicted octanol–water partition coefficient (Wildman–Crippen LogP) is 2.92. The Morgan fingerprint density at radius 1 is 1.21 bits per heavy atom. The van der Waals surface area contributed by atoms with Gasteiger partial charge in [0.2, 0.25) is 5.91 Å². The number of methoxy groups -OCH3 is 1. The van der Waals surface area contributed by atoms with Gasteiger partial charge in [0.25, 0.3) is 0 Å². The number of aliphatic hydroxyl groups is 1. The van der Waals surface area contributed by atoms with E-state index in [0.29, 0.717) is 19.5 Å². The number of benzene rings is 2. The van der Waals surface area contributed by atoms with Gasteiger partial charge in [-0.3, -0.25) is 4.79 Å². The number of rotatable bonds is 8. The first-order valence-electron chi connectivity index (χ1n) is 10.0. The van der Waals surface area contributed by atoms with Crippen molar-refractivity contribution in [2.24, 2.45) is 0 Å². The molecule has 0 radical (unpaired) electrons. The zero-order valence-electron chi connectivity index (χ0n) is 16.7. The minimum Gasteiger partial charge on any atom is -0.496 e. The Hall–Kier alpha value is -2.37.